The third kappa shape index (κ3) is 5.17. The highest BCUT2D eigenvalue weighted by Gasteiger charge is 2.26. The van der Waals surface area contributed by atoms with Crippen LogP contribution in [0.4, 0.5) is 5.69 Å². The van der Waals surface area contributed by atoms with Crippen LogP contribution in [0.3, 0.4) is 0 Å². The van der Waals surface area contributed by atoms with Gasteiger partial charge in [0.1, 0.15) is 5.75 Å². The van der Waals surface area contributed by atoms with Gasteiger partial charge in [-0.1, -0.05) is 6.07 Å². The minimum absolute atomic E-state index is 0.251. The molecule has 0 aliphatic carbocycles. The number of hydrogen-bond donors (Lipinski definition) is 2. The molecular formula is C22H25N5O4S2. The van der Waals surface area contributed by atoms with Crippen LogP contribution in [0.2, 0.25) is 0 Å². The Morgan fingerprint density at radius 2 is 2.00 bits per heavy atom. The van der Waals surface area contributed by atoms with Gasteiger partial charge in [0, 0.05) is 54.6 Å². The highest BCUT2D eigenvalue weighted by atomic mass is 32.2. The van der Waals surface area contributed by atoms with Crippen molar-refractivity contribution in [2.75, 3.05) is 38.7 Å². The third-order valence-corrected chi connectivity index (χ3v) is 7.38. The highest BCUT2D eigenvalue weighted by Crippen LogP contribution is 2.25. The summed E-state index contributed by atoms with van der Waals surface area (Å²) in [5.41, 5.74) is 5.22. The molecule has 0 unspecified atom stereocenters. The molecule has 0 spiro atoms. The number of nitrogens with one attached hydrogen (secondary N) is 2. The second-order valence-electron chi connectivity index (χ2n) is 7.45. The van der Waals surface area contributed by atoms with E-state index in [4.69, 9.17) is 21.7 Å². The van der Waals surface area contributed by atoms with Crippen LogP contribution < -0.4 is 15.5 Å². The monoisotopic (exact) mass is 487 g/mol. The summed E-state index contributed by atoms with van der Waals surface area (Å²) >= 11 is 5.30. The van der Waals surface area contributed by atoms with Crippen molar-refractivity contribution in [1.29, 1.82) is 0 Å². The molecule has 11 heteroatoms. The molecule has 2 aromatic carbocycles. The standard InChI is InChI=1S/C22H25N5O4S2/c1-26-15-16(14-23-25-22(32)24-17-4-3-5-18(12-17)30-2)20-13-19(6-7-21(20)26)33(28,29)27-8-10-31-11-9-27/h3-7,12-15H,8-11H2,1-2H3,(H2,24,25,32)/b23-14+. The Balaban J connectivity index is 1.52. The van der Waals surface area contributed by atoms with Gasteiger partial charge in [-0.15, -0.1) is 0 Å². The molecule has 1 aromatic heterocycles. The number of hydrazone groups is 1. The minimum atomic E-state index is -3.59. The summed E-state index contributed by atoms with van der Waals surface area (Å²) < 4.78 is 40.0. The fraction of sp³-hybridized carbons (Fsp3) is 0.273. The SMILES string of the molecule is COc1cccc(NC(=S)N/N=C/c2cn(C)c3ccc(S(=O)(=O)N4CCOCC4)cc23)c1. The maximum atomic E-state index is 13.1. The first kappa shape index (κ1) is 23.2. The normalized spacial score (nSPS) is 15.1. The summed E-state index contributed by atoms with van der Waals surface area (Å²) in [4.78, 5) is 0.251. The van der Waals surface area contributed by atoms with Gasteiger partial charge in [0.2, 0.25) is 10.0 Å². The van der Waals surface area contributed by atoms with Gasteiger partial charge in [-0.05, 0) is 42.5 Å². The predicted molar refractivity (Wildman–Crippen MR) is 132 cm³/mol. The second-order valence-corrected chi connectivity index (χ2v) is 9.79. The molecular weight excluding hydrogens is 462 g/mol. The number of fused-ring (bicyclic) bond motifs is 1. The van der Waals surface area contributed by atoms with E-state index in [1.807, 2.05) is 48.1 Å². The molecule has 33 heavy (non-hydrogen) atoms. The van der Waals surface area contributed by atoms with E-state index in [1.54, 1.807) is 25.5 Å². The Labute approximate surface area is 198 Å². The van der Waals surface area contributed by atoms with Gasteiger partial charge in [-0.3, -0.25) is 5.43 Å². The number of hydrogen-bond acceptors (Lipinski definition) is 6. The van der Waals surface area contributed by atoms with Crippen LogP contribution in [0.15, 0.2) is 58.7 Å². The number of morpholine rings is 1. The van der Waals surface area contributed by atoms with Crippen molar-refractivity contribution >= 4 is 50.2 Å². The van der Waals surface area contributed by atoms with Crippen molar-refractivity contribution < 1.29 is 17.9 Å². The lowest BCUT2D eigenvalue weighted by atomic mass is 10.2. The van der Waals surface area contributed by atoms with Gasteiger partial charge in [0.25, 0.3) is 0 Å². The van der Waals surface area contributed by atoms with Crippen molar-refractivity contribution in [3.63, 3.8) is 0 Å². The molecule has 3 aromatic rings. The Morgan fingerprint density at radius 1 is 1.21 bits per heavy atom. The topological polar surface area (TPSA) is 97.2 Å². The van der Waals surface area contributed by atoms with Crippen LogP contribution >= 0.6 is 12.2 Å². The minimum Gasteiger partial charge on any atom is -0.497 e. The highest BCUT2D eigenvalue weighted by molar-refractivity contribution is 7.89. The quantitative estimate of drug-likeness (QED) is 0.313. The lowest BCUT2D eigenvalue weighted by Gasteiger charge is -2.26. The van der Waals surface area contributed by atoms with Crippen molar-refractivity contribution in [3.05, 3.63) is 54.2 Å². The zero-order valence-electron chi connectivity index (χ0n) is 18.3. The molecule has 2 heterocycles. The molecule has 0 atom stereocenters. The van der Waals surface area contributed by atoms with Crippen LogP contribution in [0.1, 0.15) is 5.56 Å². The van der Waals surface area contributed by atoms with Gasteiger partial charge in [0.15, 0.2) is 5.11 Å². The number of sulfonamides is 1. The van der Waals surface area contributed by atoms with Crippen molar-refractivity contribution in [2.45, 2.75) is 4.90 Å². The van der Waals surface area contributed by atoms with Crippen molar-refractivity contribution in [1.82, 2.24) is 14.3 Å². The molecule has 9 nitrogen and oxygen atoms in total. The van der Waals surface area contributed by atoms with E-state index in [1.165, 1.54) is 4.31 Å². The summed E-state index contributed by atoms with van der Waals surface area (Å²) in [5, 5.41) is 8.36. The number of methoxy groups -OCH3 is 1. The number of aryl methyl sites for hydroxylation is 1. The van der Waals surface area contributed by atoms with Crippen molar-refractivity contribution in [2.24, 2.45) is 12.1 Å². The largest absolute Gasteiger partial charge is 0.497 e. The van der Waals surface area contributed by atoms with Gasteiger partial charge in [-0.2, -0.15) is 9.41 Å². The van der Waals surface area contributed by atoms with Crippen molar-refractivity contribution in [3.8, 4) is 5.75 Å². The Kier molecular flexibility index (Phi) is 6.94. The summed E-state index contributed by atoms with van der Waals surface area (Å²) in [6.07, 6.45) is 3.51. The molecule has 1 fully saturated rings. The van der Waals surface area contributed by atoms with Gasteiger partial charge < -0.3 is 19.4 Å². The Bertz CT molecular complexity index is 1300. The summed E-state index contributed by atoms with van der Waals surface area (Å²) in [6.45, 7) is 1.51. The predicted octanol–water partition coefficient (Wildman–Crippen LogP) is 2.53. The molecule has 174 valence electrons. The number of ether oxygens (including phenoxy) is 2. The number of anilines is 1. The average molecular weight is 488 g/mol. The first-order valence-corrected chi connectivity index (χ1v) is 12.1. The third-order valence-electron chi connectivity index (χ3n) is 5.30. The smallest absolute Gasteiger partial charge is 0.243 e. The van der Waals surface area contributed by atoms with Crippen LogP contribution in [-0.2, 0) is 21.8 Å². The van der Waals surface area contributed by atoms with E-state index in [0.717, 1.165) is 22.2 Å². The number of rotatable bonds is 6. The van der Waals surface area contributed by atoms with Crippen LogP contribution in [0.25, 0.3) is 10.9 Å². The van der Waals surface area contributed by atoms with Crippen LogP contribution in [0.5, 0.6) is 5.75 Å². The maximum absolute atomic E-state index is 13.1. The molecule has 0 amide bonds. The summed E-state index contributed by atoms with van der Waals surface area (Å²) in [5.74, 6) is 0.713. The molecule has 1 aliphatic rings. The van der Waals surface area contributed by atoms with Crippen LogP contribution in [0, 0.1) is 0 Å². The zero-order chi connectivity index (χ0) is 23.4. The number of thiocarbonyl (C=S) groups is 1. The summed E-state index contributed by atoms with van der Waals surface area (Å²) in [6, 6.07) is 12.5. The lowest BCUT2D eigenvalue weighted by molar-refractivity contribution is 0.0730. The summed E-state index contributed by atoms with van der Waals surface area (Å²) in [7, 11) is -0.0924. The zero-order valence-corrected chi connectivity index (χ0v) is 19.9. The first-order valence-electron chi connectivity index (χ1n) is 10.3. The average Bonchev–Trinajstić information content (AvgIpc) is 3.14. The lowest BCUT2D eigenvalue weighted by Crippen LogP contribution is -2.40. The van der Waals surface area contributed by atoms with E-state index >= 15 is 0 Å². The fourth-order valence-electron chi connectivity index (χ4n) is 3.62. The maximum Gasteiger partial charge on any atom is 0.243 e. The van der Waals surface area contributed by atoms with Gasteiger partial charge in [-0.25, -0.2) is 8.42 Å². The fourth-order valence-corrected chi connectivity index (χ4v) is 5.23. The number of aromatic nitrogens is 1. The Hall–Kier alpha value is -2.99. The van der Waals surface area contributed by atoms with E-state index in [2.05, 4.69) is 15.8 Å². The van der Waals surface area contributed by atoms with Gasteiger partial charge >= 0.3 is 0 Å². The van der Waals surface area contributed by atoms with E-state index < -0.39 is 10.0 Å². The van der Waals surface area contributed by atoms with Crippen LogP contribution in [-0.4, -0.2) is 62.0 Å². The molecule has 2 N–H and O–H groups in total. The number of benzene rings is 2. The first-order chi connectivity index (χ1) is 15.9. The molecule has 4 rings (SSSR count). The van der Waals surface area contributed by atoms with Gasteiger partial charge in [0.05, 0.1) is 31.4 Å². The molecule has 1 saturated heterocycles. The van der Waals surface area contributed by atoms with E-state index in [9.17, 15) is 8.42 Å². The second kappa shape index (κ2) is 9.87. The molecule has 0 saturated carbocycles. The van der Waals surface area contributed by atoms with E-state index in [0.29, 0.717) is 37.2 Å². The molecule has 1 aliphatic heterocycles. The number of nitrogens with zero attached hydrogens (tertiary/aromatic N) is 3. The Morgan fingerprint density at radius 3 is 2.76 bits per heavy atom. The van der Waals surface area contributed by atoms with E-state index in [-0.39, 0.29) is 4.90 Å². The molecule has 0 bridgehead atoms. The molecule has 0 radical (unpaired) electrons.